The summed E-state index contributed by atoms with van der Waals surface area (Å²) >= 11 is 0. The SMILES string of the molecule is CCCS(=O)(=O)Nc1cccc(N2CCC[C@@H]2C)c1Cc1ccc(-c2nnc(C(F)F)o2)cc1. The molecule has 4 rings (SSSR count). The fourth-order valence-corrected chi connectivity index (χ4v) is 5.48. The molecule has 0 saturated carbocycles. The molecule has 1 aliphatic heterocycles. The van der Waals surface area contributed by atoms with Crippen molar-refractivity contribution in [1.82, 2.24) is 10.2 Å². The van der Waals surface area contributed by atoms with Crippen LogP contribution in [-0.2, 0) is 16.4 Å². The van der Waals surface area contributed by atoms with Crippen LogP contribution in [0, 0.1) is 0 Å². The van der Waals surface area contributed by atoms with Gasteiger partial charge in [-0.05, 0) is 56.0 Å². The number of aromatic nitrogens is 2. The van der Waals surface area contributed by atoms with Gasteiger partial charge in [-0.15, -0.1) is 10.2 Å². The van der Waals surface area contributed by atoms with Gasteiger partial charge in [-0.2, -0.15) is 8.78 Å². The predicted molar refractivity (Wildman–Crippen MR) is 128 cm³/mol. The van der Waals surface area contributed by atoms with Crippen LogP contribution in [0.4, 0.5) is 20.2 Å². The van der Waals surface area contributed by atoms with E-state index in [9.17, 15) is 17.2 Å². The van der Waals surface area contributed by atoms with Gasteiger partial charge < -0.3 is 9.32 Å². The van der Waals surface area contributed by atoms with Gasteiger partial charge in [-0.1, -0.05) is 25.1 Å². The normalized spacial score (nSPS) is 16.4. The summed E-state index contributed by atoms with van der Waals surface area (Å²) in [6.07, 6.45) is 0.379. The molecule has 1 atom stereocenters. The number of hydrogen-bond donors (Lipinski definition) is 1. The molecular formula is C24H28F2N4O3S. The summed E-state index contributed by atoms with van der Waals surface area (Å²) in [4.78, 5) is 2.33. The molecule has 3 aromatic rings. The van der Waals surface area contributed by atoms with Crippen LogP contribution in [0.2, 0.25) is 0 Å². The van der Waals surface area contributed by atoms with Gasteiger partial charge in [0, 0.05) is 35.8 Å². The first-order valence-electron chi connectivity index (χ1n) is 11.4. The van der Waals surface area contributed by atoms with E-state index in [-0.39, 0.29) is 11.6 Å². The monoisotopic (exact) mass is 490 g/mol. The number of rotatable bonds is 9. The molecule has 0 spiro atoms. The minimum absolute atomic E-state index is 0.0288. The highest BCUT2D eigenvalue weighted by Gasteiger charge is 2.25. The maximum atomic E-state index is 12.8. The summed E-state index contributed by atoms with van der Waals surface area (Å²) in [7, 11) is -3.46. The van der Waals surface area contributed by atoms with Crippen LogP contribution in [0.5, 0.6) is 0 Å². The fourth-order valence-electron chi connectivity index (χ4n) is 4.31. The number of halogens is 2. The van der Waals surface area contributed by atoms with Crippen LogP contribution in [0.15, 0.2) is 46.9 Å². The molecule has 2 heterocycles. The Kier molecular flexibility index (Phi) is 7.16. The topological polar surface area (TPSA) is 88.3 Å². The molecule has 1 saturated heterocycles. The standard InChI is InChI=1S/C24H28F2N4O3S/c1-3-14-34(31,32)29-20-7-4-8-21(30-13-5-6-16(30)2)19(20)15-17-9-11-18(12-10-17)23-27-28-24(33-23)22(25)26/h4,7-12,16,22,29H,3,5-6,13-15H2,1-2H3/t16-/m0/s1. The van der Waals surface area contributed by atoms with E-state index < -0.39 is 22.3 Å². The molecule has 0 bridgehead atoms. The van der Waals surface area contributed by atoms with E-state index in [2.05, 4.69) is 26.7 Å². The van der Waals surface area contributed by atoms with Crippen LogP contribution in [0.3, 0.4) is 0 Å². The molecule has 0 amide bonds. The number of alkyl halides is 2. The van der Waals surface area contributed by atoms with E-state index in [1.54, 1.807) is 18.2 Å². The van der Waals surface area contributed by atoms with Crippen molar-refractivity contribution in [3.63, 3.8) is 0 Å². The number of hydrogen-bond acceptors (Lipinski definition) is 6. The molecule has 1 fully saturated rings. The lowest BCUT2D eigenvalue weighted by Crippen LogP contribution is -2.28. The predicted octanol–water partition coefficient (Wildman–Crippen LogP) is 5.41. The number of nitrogens with zero attached hydrogens (tertiary/aromatic N) is 3. The Balaban J connectivity index is 1.66. The molecule has 34 heavy (non-hydrogen) atoms. The van der Waals surface area contributed by atoms with E-state index >= 15 is 0 Å². The van der Waals surface area contributed by atoms with Crippen LogP contribution in [0.1, 0.15) is 56.6 Å². The van der Waals surface area contributed by atoms with Crippen molar-refractivity contribution in [2.45, 2.75) is 52.0 Å². The van der Waals surface area contributed by atoms with E-state index in [4.69, 9.17) is 4.42 Å². The Labute approximate surface area is 198 Å². The van der Waals surface area contributed by atoms with E-state index in [1.807, 2.05) is 31.2 Å². The first kappa shape index (κ1) is 24.1. The molecule has 2 aromatic carbocycles. The molecule has 0 unspecified atom stereocenters. The average Bonchev–Trinajstić information content (AvgIpc) is 3.45. The van der Waals surface area contributed by atoms with Crippen molar-refractivity contribution in [2.24, 2.45) is 0 Å². The van der Waals surface area contributed by atoms with Crippen molar-refractivity contribution in [3.05, 3.63) is 59.5 Å². The van der Waals surface area contributed by atoms with Crippen molar-refractivity contribution < 1.29 is 21.6 Å². The minimum Gasteiger partial charge on any atom is -0.415 e. The van der Waals surface area contributed by atoms with E-state index in [0.717, 1.165) is 36.2 Å². The van der Waals surface area contributed by atoms with Crippen LogP contribution < -0.4 is 9.62 Å². The minimum atomic E-state index is -3.46. The second kappa shape index (κ2) is 10.1. The number of anilines is 2. The summed E-state index contributed by atoms with van der Waals surface area (Å²) in [5.74, 6) is -0.631. The Hall–Kier alpha value is -3.01. The van der Waals surface area contributed by atoms with Gasteiger partial charge in [0.15, 0.2) is 0 Å². The zero-order valence-corrected chi connectivity index (χ0v) is 20.0. The van der Waals surface area contributed by atoms with E-state index in [0.29, 0.717) is 30.1 Å². The zero-order chi connectivity index (χ0) is 24.3. The van der Waals surface area contributed by atoms with Crippen LogP contribution in [0.25, 0.3) is 11.5 Å². The molecule has 182 valence electrons. The van der Waals surface area contributed by atoms with Gasteiger partial charge in [0.1, 0.15) is 0 Å². The highest BCUT2D eigenvalue weighted by molar-refractivity contribution is 7.92. The molecule has 1 N–H and O–H groups in total. The highest BCUT2D eigenvalue weighted by atomic mass is 32.2. The van der Waals surface area contributed by atoms with Crippen LogP contribution in [-0.4, -0.2) is 37.0 Å². The zero-order valence-electron chi connectivity index (χ0n) is 19.2. The first-order valence-corrected chi connectivity index (χ1v) is 13.0. The van der Waals surface area contributed by atoms with Crippen LogP contribution >= 0.6 is 0 Å². The third-order valence-electron chi connectivity index (χ3n) is 5.96. The average molecular weight is 491 g/mol. The lowest BCUT2D eigenvalue weighted by atomic mass is 9.99. The van der Waals surface area contributed by atoms with Gasteiger partial charge in [0.2, 0.25) is 15.9 Å². The van der Waals surface area contributed by atoms with Gasteiger partial charge >= 0.3 is 6.43 Å². The molecule has 0 radical (unpaired) electrons. The molecule has 0 aliphatic carbocycles. The summed E-state index contributed by atoms with van der Waals surface area (Å²) in [6, 6.07) is 13.3. The smallest absolute Gasteiger partial charge is 0.314 e. The second-order valence-electron chi connectivity index (χ2n) is 8.53. The largest absolute Gasteiger partial charge is 0.415 e. The molecule has 7 nitrogen and oxygen atoms in total. The molecule has 1 aliphatic rings. The number of sulfonamides is 1. The fraction of sp³-hybridized carbons (Fsp3) is 0.417. The van der Waals surface area contributed by atoms with Gasteiger partial charge in [0.25, 0.3) is 5.89 Å². The quantitative estimate of drug-likeness (QED) is 0.432. The van der Waals surface area contributed by atoms with Crippen molar-refractivity contribution in [2.75, 3.05) is 21.9 Å². The molecule has 1 aromatic heterocycles. The lowest BCUT2D eigenvalue weighted by Gasteiger charge is -2.28. The Morgan fingerprint density at radius 1 is 1.18 bits per heavy atom. The summed E-state index contributed by atoms with van der Waals surface area (Å²) < 4.78 is 58.4. The summed E-state index contributed by atoms with van der Waals surface area (Å²) in [5.41, 5.74) is 3.97. The second-order valence-corrected chi connectivity index (χ2v) is 10.4. The molecule has 10 heteroatoms. The first-order chi connectivity index (χ1) is 16.3. The van der Waals surface area contributed by atoms with Crippen molar-refractivity contribution in [3.8, 4) is 11.5 Å². The van der Waals surface area contributed by atoms with Gasteiger partial charge in [-0.25, -0.2) is 8.42 Å². The third kappa shape index (κ3) is 5.38. The summed E-state index contributed by atoms with van der Waals surface area (Å²) in [5, 5.41) is 7.06. The Morgan fingerprint density at radius 3 is 2.56 bits per heavy atom. The maximum Gasteiger partial charge on any atom is 0.314 e. The summed E-state index contributed by atoms with van der Waals surface area (Å²) in [6.45, 7) is 4.93. The van der Waals surface area contributed by atoms with E-state index in [1.165, 1.54) is 0 Å². The number of nitrogens with one attached hydrogen (secondary N) is 1. The number of benzene rings is 2. The lowest BCUT2D eigenvalue weighted by molar-refractivity contribution is 0.116. The van der Waals surface area contributed by atoms with Gasteiger partial charge in [-0.3, -0.25) is 4.72 Å². The highest BCUT2D eigenvalue weighted by Crippen LogP contribution is 2.35. The van der Waals surface area contributed by atoms with Gasteiger partial charge in [0.05, 0.1) is 11.4 Å². The maximum absolute atomic E-state index is 12.8. The Morgan fingerprint density at radius 2 is 1.94 bits per heavy atom. The van der Waals surface area contributed by atoms with Crippen molar-refractivity contribution >= 4 is 21.4 Å². The third-order valence-corrected chi connectivity index (χ3v) is 7.44. The molecular weight excluding hydrogens is 462 g/mol. The van der Waals surface area contributed by atoms with Crippen molar-refractivity contribution in [1.29, 1.82) is 0 Å². The Bertz CT molecular complexity index is 1230.